The Labute approximate surface area is 245 Å². The lowest BCUT2D eigenvalue weighted by atomic mass is 9.93. The zero-order valence-corrected chi connectivity index (χ0v) is 24.3. The van der Waals surface area contributed by atoms with Crippen molar-refractivity contribution in [2.45, 2.75) is 19.9 Å². The van der Waals surface area contributed by atoms with Crippen LogP contribution < -0.4 is 29.1 Å². The van der Waals surface area contributed by atoms with Crippen molar-refractivity contribution in [3.05, 3.63) is 115 Å². The zero-order valence-electron chi connectivity index (χ0n) is 23.5. The van der Waals surface area contributed by atoms with Gasteiger partial charge in [-0.3, -0.25) is 14.2 Å². The second-order valence-corrected chi connectivity index (χ2v) is 10.2. The number of methoxy groups -OCH3 is 2. The second-order valence-electron chi connectivity index (χ2n) is 9.18. The molecule has 0 fully saturated rings. The highest BCUT2D eigenvalue weighted by molar-refractivity contribution is 7.07. The Kier molecular flexibility index (Phi) is 8.35. The fourth-order valence-electron chi connectivity index (χ4n) is 4.77. The molecule has 0 saturated carbocycles. The van der Waals surface area contributed by atoms with Crippen LogP contribution in [-0.2, 0) is 14.3 Å². The fourth-order valence-corrected chi connectivity index (χ4v) is 5.76. The van der Waals surface area contributed by atoms with E-state index in [4.69, 9.17) is 23.9 Å². The van der Waals surface area contributed by atoms with Crippen LogP contribution in [0.2, 0.25) is 0 Å². The predicted octanol–water partition coefficient (Wildman–Crippen LogP) is 3.88. The number of esters is 2. The lowest BCUT2D eigenvalue weighted by Gasteiger charge is -2.26. The molecule has 0 radical (unpaired) electrons. The zero-order chi connectivity index (χ0) is 29.8. The maximum absolute atomic E-state index is 14.1. The van der Waals surface area contributed by atoms with Crippen LogP contribution in [0.15, 0.2) is 88.2 Å². The Bertz CT molecular complexity index is 1870. The number of hydrogen-bond donors (Lipinski definition) is 0. The maximum atomic E-state index is 14.1. The Morgan fingerprint density at radius 3 is 2.36 bits per heavy atom. The smallest absolute Gasteiger partial charge is 0.338 e. The van der Waals surface area contributed by atoms with E-state index in [1.165, 1.54) is 37.0 Å². The summed E-state index contributed by atoms with van der Waals surface area (Å²) in [6.07, 6.45) is 1.66. The van der Waals surface area contributed by atoms with Gasteiger partial charge in [-0.05, 0) is 36.8 Å². The minimum absolute atomic E-state index is 0.139. The van der Waals surface area contributed by atoms with Crippen LogP contribution in [0, 0.1) is 0 Å². The number of carbonyl (C=O) groups is 2. The minimum atomic E-state index is -0.888. The fraction of sp³-hybridized carbons (Fsp3) is 0.188. The number of para-hydroxylation sites is 1. The quantitative estimate of drug-likeness (QED) is 0.229. The van der Waals surface area contributed by atoms with Crippen molar-refractivity contribution >= 4 is 35.0 Å². The Morgan fingerprint density at radius 1 is 0.952 bits per heavy atom. The van der Waals surface area contributed by atoms with E-state index in [-0.39, 0.29) is 17.7 Å². The number of benzene rings is 3. The minimum Gasteiger partial charge on any atom is -0.493 e. The van der Waals surface area contributed by atoms with E-state index in [1.807, 2.05) is 30.3 Å². The highest BCUT2D eigenvalue weighted by Gasteiger charge is 2.35. The molecule has 5 rings (SSSR count). The van der Waals surface area contributed by atoms with E-state index in [9.17, 15) is 14.4 Å². The SMILES string of the molecule is CCOC(=O)C1=C(c2ccccc2)N=c2s/c(=C\c3ccccc3OC(C)=O)c(=O)n2[C@H]1c1ccc(OC)c(OC)c1. The summed E-state index contributed by atoms with van der Waals surface area (Å²) in [5.41, 5.74) is 2.10. The highest BCUT2D eigenvalue weighted by Crippen LogP contribution is 2.38. The molecule has 4 aromatic rings. The molecule has 0 aliphatic carbocycles. The van der Waals surface area contributed by atoms with Gasteiger partial charge in [0.05, 0.1) is 42.7 Å². The van der Waals surface area contributed by atoms with Crippen LogP contribution in [0.1, 0.15) is 36.6 Å². The summed E-state index contributed by atoms with van der Waals surface area (Å²) in [5.74, 6) is 0.200. The van der Waals surface area contributed by atoms with E-state index in [0.717, 1.165) is 0 Å². The Hall–Kier alpha value is -4.96. The molecule has 2 heterocycles. The van der Waals surface area contributed by atoms with Gasteiger partial charge in [0.2, 0.25) is 0 Å². The molecule has 0 unspecified atom stereocenters. The van der Waals surface area contributed by atoms with Crippen molar-refractivity contribution in [2.75, 3.05) is 20.8 Å². The van der Waals surface area contributed by atoms with Crippen LogP contribution in [0.3, 0.4) is 0 Å². The van der Waals surface area contributed by atoms with E-state index in [0.29, 0.717) is 49.0 Å². The first kappa shape index (κ1) is 28.6. The van der Waals surface area contributed by atoms with Gasteiger partial charge in [-0.2, -0.15) is 0 Å². The molecular formula is C32H28N2O7S. The standard InChI is InChI=1S/C32H28N2O7S/c1-5-40-31(37)27-28(20-11-7-6-8-12-20)33-32-34(29(27)22-15-16-24(38-3)25(17-22)39-4)30(36)26(42-32)18-21-13-9-10-14-23(21)41-19(2)35/h6-18,29H,5H2,1-4H3/b26-18-/t29-/m0/s1. The molecule has 3 aromatic carbocycles. The second kappa shape index (κ2) is 12.3. The summed E-state index contributed by atoms with van der Waals surface area (Å²) in [6, 6.07) is 20.6. The lowest BCUT2D eigenvalue weighted by molar-refractivity contribution is -0.139. The van der Waals surface area contributed by atoms with Gasteiger partial charge in [-0.15, -0.1) is 0 Å². The normalized spacial score (nSPS) is 14.6. The molecular weight excluding hydrogens is 556 g/mol. The molecule has 0 amide bonds. The molecule has 0 saturated heterocycles. The van der Waals surface area contributed by atoms with Crippen molar-refractivity contribution < 1.29 is 28.5 Å². The largest absolute Gasteiger partial charge is 0.493 e. The molecule has 10 heteroatoms. The van der Waals surface area contributed by atoms with Gasteiger partial charge < -0.3 is 18.9 Å². The molecule has 1 atom stereocenters. The first-order chi connectivity index (χ1) is 20.4. The van der Waals surface area contributed by atoms with Crippen molar-refractivity contribution in [1.29, 1.82) is 0 Å². The van der Waals surface area contributed by atoms with Crippen LogP contribution in [0.4, 0.5) is 0 Å². The topological polar surface area (TPSA) is 105 Å². The third-order valence-corrected chi connectivity index (χ3v) is 7.54. The number of nitrogens with zero attached hydrogens (tertiary/aromatic N) is 2. The van der Waals surface area contributed by atoms with Crippen LogP contribution in [0.25, 0.3) is 11.8 Å². The van der Waals surface area contributed by atoms with Crippen molar-refractivity contribution in [1.82, 2.24) is 4.57 Å². The lowest BCUT2D eigenvalue weighted by Crippen LogP contribution is -2.40. The molecule has 1 aliphatic heterocycles. The summed E-state index contributed by atoms with van der Waals surface area (Å²) >= 11 is 1.17. The van der Waals surface area contributed by atoms with E-state index < -0.39 is 18.0 Å². The maximum Gasteiger partial charge on any atom is 0.338 e. The van der Waals surface area contributed by atoms with E-state index in [2.05, 4.69) is 0 Å². The molecule has 0 spiro atoms. The first-order valence-corrected chi connectivity index (χ1v) is 14.0. The number of rotatable bonds is 8. The molecule has 1 aromatic heterocycles. The number of hydrogen-bond acceptors (Lipinski definition) is 9. The van der Waals surface area contributed by atoms with Gasteiger partial charge >= 0.3 is 11.9 Å². The number of aromatic nitrogens is 1. The van der Waals surface area contributed by atoms with Gasteiger partial charge in [0.15, 0.2) is 16.3 Å². The summed E-state index contributed by atoms with van der Waals surface area (Å²) in [7, 11) is 3.05. The van der Waals surface area contributed by atoms with E-state index in [1.54, 1.807) is 55.5 Å². The molecule has 1 aliphatic rings. The van der Waals surface area contributed by atoms with Gasteiger partial charge in [0.25, 0.3) is 5.56 Å². The van der Waals surface area contributed by atoms with E-state index >= 15 is 0 Å². The number of carbonyl (C=O) groups excluding carboxylic acids is 2. The van der Waals surface area contributed by atoms with Crippen molar-refractivity contribution in [2.24, 2.45) is 4.99 Å². The molecule has 0 N–H and O–H groups in total. The molecule has 42 heavy (non-hydrogen) atoms. The first-order valence-electron chi connectivity index (χ1n) is 13.1. The highest BCUT2D eigenvalue weighted by atomic mass is 32.1. The average Bonchev–Trinajstić information content (AvgIpc) is 3.31. The Balaban J connectivity index is 1.83. The molecule has 0 bridgehead atoms. The van der Waals surface area contributed by atoms with Gasteiger partial charge in [0.1, 0.15) is 5.75 Å². The van der Waals surface area contributed by atoms with Gasteiger partial charge in [0, 0.05) is 18.1 Å². The Morgan fingerprint density at radius 2 is 1.67 bits per heavy atom. The summed E-state index contributed by atoms with van der Waals surface area (Å²) in [6.45, 7) is 3.18. The van der Waals surface area contributed by atoms with Crippen LogP contribution >= 0.6 is 11.3 Å². The summed E-state index contributed by atoms with van der Waals surface area (Å²) in [4.78, 5) is 44.7. The monoisotopic (exact) mass is 584 g/mol. The summed E-state index contributed by atoms with van der Waals surface area (Å²) < 4.78 is 23.7. The number of thiazole rings is 1. The average molecular weight is 585 g/mol. The molecule has 214 valence electrons. The predicted molar refractivity (Wildman–Crippen MR) is 158 cm³/mol. The molecule has 9 nitrogen and oxygen atoms in total. The number of ether oxygens (including phenoxy) is 4. The van der Waals surface area contributed by atoms with Crippen LogP contribution in [-0.4, -0.2) is 37.3 Å². The third kappa shape index (κ3) is 5.48. The number of fused-ring (bicyclic) bond motifs is 1. The van der Waals surface area contributed by atoms with Gasteiger partial charge in [-0.1, -0.05) is 65.9 Å². The van der Waals surface area contributed by atoms with Gasteiger partial charge in [-0.25, -0.2) is 9.79 Å². The summed E-state index contributed by atoms with van der Waals surface area (Å²) in [5, 5.41) is 0. The van der Waals surface area contributed by atoms with Crippen LogP contribution in [0.5, 0.6) is 17.2 Å². The third-order valence-electron chi connectivity index (χ3n) is 6.56. The van der Waals surface area contributed by atoms with Crippen molar-refractivity contribution in [3.63, 3.8) is 0 Å². The van der Waals surface area contributed by atoms with Crippen molar-refractivity contribution in [3.8, 4) is 17.2 Å².